The first kappa shape index (κ1) is 41.7. The number of hydrogen-bond acceptors (Lipinski definition) is 8. The summed E-state index contributed by atoms with van der Waals surface area (Å²) in [6.07, 6.45) is 3.57. The van der Waals surface area contributed by atoms with Crippen molar-refractivity contribution in [3.8, 4) is 11.8 Å². The zero-order valence-electron chi connectivity index (χ0n) is 33.5. The van der Waals surface area contributed by atoms with Gasteiger partial charge in [-0.05, 0) is 84.0 Å². The monoisotopic (exact) mass is 876 g/mol. The van der Waals surface area contributed by atoms with Gasteiger partial charge in [-0.1, -0.05) is 90.7 Å². The van der Waals surface area contributed by atoms with Gasteiger partial charge in [-0.2, -0.15) is 0 Å². The van der Waals surface area contributed by atoms with Crippen molar-refractivity contribution in [2.45, 2.75) is 93.1 Å². The van der Waals surface area contributed by atoms with Crippen molar-refractivity contribution >= 4 is 64.1 Å². The van der Waals surface area contributed by atoms with E-state index in [2.05, 4.69) is 38.4 Å². The van der Waals surface area contributed by atoms with Crippen molar-refractivity contribution in [3.63, 3.8) is 0 Å². The third kappa shape index (κ3) is 7.04. The van der Waals surface area contributed by atoms with Crippen LogP contribution in [-0.2, 0) is 31.1 Å². The van der Waals surface area contributed by atoms with E-state index >= 15 is 4.39 Å². The van der Waals surface area contributed by atoms with E-state index in [0.717, 1.165) is 24.8 Å². The van der Waals surface area contributed by atoms with E-state index in [1.165, 1.54) is 11.0 Å². The minimum atomic E-state index is -1.36. The smallest absolute Gasteiger partial charge is 0.255 e. The summed E-state index contributed by atoms with van der Waals surface area (Å²) in [5.41, 5.74) is 2.01. The highest BCUT2D eigenvalue weighted by Gasteiger charge is 2.72. The van der Waals surface area contributed by atoms with Crippen molar-refractivity contribution < 1.29 is 33.5 Å². The minimum absolute atomic E-state index is 0.108. The van der Waals surface area contributed by atoms with Gasteiger partial charge in [0.05, 0.1) is 11.1 Å². The molecule has 5 aliphatic rings. The Bertz CT molecular complexity index is 2590. The lowest BCUT2D eigenvalue weighted by molar-refractivity contribution is -0.137. The van der Waals surface area contributed by atoms with Crippen LogP contribution in [0.3, 0.4) is 0 Å². The van der Waals surface area contributed by atoms with Crippen molar-refractivity contribution in [2.24, 2.45) is 0 Å². The molecule has 1 aliphatic carbocycles. The van der Waals surface area contributed by atoms with Gasteiger partial charge in [-0.15, -0.1) is 0 Å². The van der Waals surface area contributed by atoms with E-state index in [1.54, 1.807) is 60.7 Å². The number of imide groups is 1. The van der Waals surface area contributed by atoms with E-state index in [-0.39, 0.29) is 47.7 Å². The second-order valence-corrected chi connectivity index (χ2v) is 17.4. The lowest BCUT2D eigenvalue weighted by atomic mass is 9.55. The summed E-state index contributed by atoms with van der Waals surface area (Å²) in [6, 6.07) is 20.1. The molecule has 9 rings (SSSR count). The van der Waals surface area contributed by atoms with Crippen molar-refractivity contribution in [2.75, 3.05) is 17.2 Å². The fourth-order valence-corrected chi connectivity index (χ4v) is 10.8. The van der Waals surface area contributed by atoms with E-state index in [9.17, 15) is 29.1 Å². The summed E-state index contributed by atoms with van der Waals surface area (Å²) in [7, 11) is 0. The molecular formula is C47H43Cl2FN6O6. The van der Waals surface area contributed by atoms with Crippen LogP contribution in [0.4, 0.5) is 15.8 Å². The summed E-state index contributed by atoms with van der Waals surface area (Å²) in [5.74, 6) is 2.71. The number of aliphatic hydroxyl groups is 1. The molecule has 4 aromatic carbocycles. The van der Waals surface area contributed by atoms with E-state index < -0.39 is 52.8 Å². The number of hydrogen-bond donors (Lipinski definition) is 6. The Morgan fingerprint density at radius 1 is 0.968 bits per heavy atom. The predicted octanol–water partition coefficient (Wildman–Crippen LogP) is 6.20. The van der Waals surface area contributed by atoms with Crippen LogP contribution in [0.2, 0.25) is 10.0 Å². The Labute approximate surface area is 367 Å². The second kappa shape index (κ2) is 16.6. The maximum atomic E-state index is 16.2. The average molecular weight is 878 g/mol. The van der Waals surface area contributed by atoms with E-state index in [0.29, 0.717) is 64.5 Å². The second-order valence-electron chi connectivity index (χ2n) is 16.6. The Morgan fingerprint density at radius 3 is 2.52 bits per heavy atom. The molecule has 4 aliphatic heterocycles. The number of amides is 5. The lowest BCUT2D eigenvalue weighted by Crippen LogP contribution is -2.60. The van der Waals surface area contributed by atoms with E-state index in [4.69, 9.17) is 23.2 Å². The number of carbonyl (C=O) groups excluding carboxylic acids is 5. The van der Waals surface area contributed by atoms with Gasteiger partial charge in [0.1, 0.15) is 23.5 Å². The van der Waals surface area contributed by atoms with Crippen LogP contribution in [0.25, 0.3) is 0 Å². The standard InChI is InChI=1S/C47H43Cl2FN6O6/c48-28-15-18-33-35(24-28)53-45(62)47(33)38(31-11-7-12-34(49)39(31)50)40(55-46(47)21-3-1-4-22-46)43(60)52-29-16-13-27(14-17-29)41(58)51-23-5-2-8-26-9-6-10-30-32(26)25-56(44(30)61)36-19-20-37(57)54-42(36)59/h6-7,9-18,24,36,38,40-41,51,55,58H,1,3-5,19-23,25H2,(H,52,60)(H,53,62)(H,54,57,59)/t36?,38-,40+,41?,47+/m0/s1. The number of nitrogens with one attached hydrogen (secondary N) is 5. The third-order valence-electron chi connectivity index (χ3n) is 13.2. The molecule has 5 atom stereocenters. The van der Waals surface area contributed by atoms with Crippen molar-refractivity contribution in [1.29, 1.82) is 0 Å². The first-order valence-electron chi connectivity index (χ1n) is 20.8. The maximum Gasteiger partial charge on any atom is 0.255 e. The normalized spacial score (nSPS) is 24.0. The molecule has 15 heteroatoms. The first-order valence-corrected chi connectivity index (χ1v) is 21.6. The zero-order valence-corrected chi connectivity index (χ0v) is 35.0. The Hall–Kier alpha value is -5.62. The Morgan fingerprint density at radius 2 is 1.74 bits per heavy atom. The number of halogens is 3. The summed E-state index contributed by atoms with van der Waals surface area (Å²) < 4.78 is 16.2. The molecule has 0 bridgehead atoms. The minimum Gasteiger partial charge on any atom is -0.374 e. The molecule has 12 nitrogen and oxygen atoms in total. The number of rotatable bonds is 8. The maximum absolute atomic E-state index is 16.2. The molecule has 2 saturated heterocycles. The molecule has 5 amide bonds. The highest BCUT2D eigenvalue weighted by molar-refractivity contribution is 6.31. The zero-order chi connectivity index (χ0) is 43.3. The molecule has 0 radical (unpaired) electrons. The number of aliphatic hydroxyl groups excluding tert-OH is 1. The van der Waals surface area contributed by atoms with Gasteiger partial charge in [0.2, 0.25) is 23.6 Å². The fourth-order valence-electron chi connectivity index (χ4n) is 10.4. The number of nitrogens with zero attached hydrogens (tertiary/aromatic N) is 1. The van der Waals surface area contributed by atoms with Gasteiger partial charge in [0.15, 0.2) is 0 Å². The van der Waals surface area contributed by atoms with Gasteiger partial charge in [0, 0.05) is 64.9 Å². The molecule has 1 saturated carbocycles. The summed E-state index contributed by atoms with van der Waals surface area (Å²) in [4.78, 5) is 67.9. The number of fused-ring (bicyclic) bond motifs is 4. The fraction of sp³-hybridized carbons (Fsp3) is 0.340. The molecule has 62 heavy (non-hydrogen) atoms. The molecule has 2 unspecified atom stereocenters. The molecule has 3 fully saturated rings. The van der Waals surface area contributed by atoms with Crippen LogP contribution in [0.5, 0.6) is 0 Å². The number of benzene rings is 4. The van der Waals surface area contributed by atoms with Crippen LogP contribution < -0.4 is 26.6 Å². The summed E-state index contributed by atoms with van der Waals surface area (Å²) >= 11 is 12.8. The predicted molar refractivity (Wildman–Crippen MR) is 231 cm³/mol. The Kier molecular flexibility index (Phi) is 11.2. The number of anilines is 2. The molecule has 318 valence electrons. The molecule has 2 spiro atoms. The largest absolute Gasteiger partial charge is 0.374 e. The summed E-state index contributed by atoms with van der Waals surface area (Å²) in [5, 5.41) is 26.3. The molecular weight excluding hydrogens is 834 g/mol. The lowest BCUT2D eigenvalue weighted by Gasteiger charge is -2.47. The highest BCUT2D eigenvalue weighted by Crippen LogP contribution is 2.63. The van der Waals surface area contributed by atoms with Crippen LogP contribution in [0.1, 0.15) is 102 Å². The van der Waals surface area contributed by atoms with Crippen LogP contribution in [0, 0.1) is 17.7 Å². The first-order chi connectivity index (χ1) is 29.9. The Balaban J connectivity index is 0.886. The van der Waals surface area contributed by atoms with Gasteiger partial charge >= 0.3 is 0 Å². The van der Waals surface area contributed by atoms with Crippen molar-refractivity contribution in [1.82, 2.24) is 20.9 Å². The van der Waals surface area contributed by atoms with Crippen LogP contribution in [-0.4, -0.2) is 63.7 Å². The topological polar surface area (TPSA) is 169 Å². The van der Waals surface area contributed by atoms with Gasteiger partial charge in [-0.25, -0.2) is 4.39 Å². The molecule has 6 N–H and O–H groups in total. The van der Waals surface area contributed by atoms with Gasteiger partial charge in [0.25, 0.3) is 5.91 Å². The average Bonchev–Trinajstić information content (AvgIpc) is 3.85. The van der Waals surface area contributed by atoms with Crippen LogP contribution >= 0.6 is 23.2 Å². The SMILES string of the molecule is O=C1CCC(N2Cc3c(C#CCCNC(O)c4ccc(NC(=O)[C@@H]5NC6(CCCCC6)[C@@]6(C(=O)Nc7cc(Cl)ccc76)[C@H]5c5cccc(Cl)c5F)cc4)cccc3C2=O)C(=O)N1. The van der Waals surface area contributed by atoms with Crippen molar-refractivity contribution in [3.05, 3.63) is 128 Å². The molecule has 4 heterocycles. The third-order valence-corrected chi connectivity index (χ3v) is 13.7. The number of carbonyl (C=O) groups is 5. The summed E-state index contributed by atoms with van der Waals surface area (Å²) in [6.45, 7) is 0.560. The molecule has 0 aromatic heterocycles. The quantitative estimate of drug-likeness (QED) is 0.0527. The van der Waals surface area contributed by atoms with E-state index in [1.807, 2.05) is 12.1 Å². The molecule has 4 aromatic rings. The highest BCUT2D eigenvalue weighted by atomic mass is 35.5. The van der Waals surface area contributed by atoms with Gasteiger partial charge < -0.3 is 20.6 Å². The van der Waals surface area contributed by atoms with Crippen LogP contribution in [0.15, 0.2) is 78.9 Å². The van der Waals surface area contributed by atoms with Gasteiger partial charge in [-0.3, -0.25) is 39.9 Å². The number of piperidine rings is 1.